The minimum atomic E-state index is -0.393. The molecule has 3 N–H and O–H groups in total. The number of carbonyl (C=O) groups is 2. The van der Waals surface area contributed by atoms with E-state index in [1.165, 1.54) is 11.3 Å². The van der Waals surface area contributed by atoms with Gasteiger partial charge in [0.25, 0.3) is 11.5 Å². The molecule has 0 spiro atoms. The maximum absolute atomic E-state index is 13.2. The number of nitrogens with zero attached hydrogens (tertiary/aromatic N) is 2. The Morgan fingerprint density at radius 3 is 2.62 bits per heavy atom. The van der Waals surface area contributed by atoms with Crippen LogP contribution in [0.5, 0.6) is 0 Å². The third kappa shape index (κ3) is 4.54. The van der Waals surface area contributed by atoms with Gasteiger partial charge in [-0.2, -0.15) is 0 Å². The fourth-order valence-corrected chi connectivity index (χ4v) is 4.33. The van der Waals surface area contributed by atoms with Gasteiger partial charge in [0.1, 0.15) is 10.7 Å². The summed E-state index contributed by atoms with van der Waals surface area (Å²) < 4.78 is 1.62. The van der Waals surface area contributed by atoms with E-state index in [1.807, 2.05) is 37.3 Å². The number of aromatic nitrogens is 2. The molecule has 2 aromatic heterocycles. The monoisotopic (exact) mass is 412 g/mol. The van der Waals surface area contributed by atoms with Crippen molar-refractivity contribution in [2.45, 2.75) is 46.1 Å². The second-order valence-corrected chi connectivity index (χ2v) is 7.86. The SMILES string of the molecule is CCCc1nc2sc(C(=O)Nc3ccccc3)c(C)c2c(=O)n1CCCC(N)=O. The highest BCUT2D eigenvalue weighted by molar-refractivity contribution is 7.20. The topological polar surface area (TPSA) is 107 Å². The van der Waals surface area contributed by atoms with Crippen molar-refractivity contribution >= 4 is 39.1 Å². The molecule has 0 unspecified atom stereocenters. The summed E-state index contributed by atoms with van der Waals surface area (Å²) in [5.41, 5.74) is 6.37. The van der Waals surface area contributed by atoms with Gasteiger partial charge in [-0.3, -0.25) is 19.0 Å². The van der Waals surface area contributed by atoms with Crippen molar-refractivity contribution in [1.29, 1.82) is 0 Å². The molecule has 2 heterocycles. The van der Waals surface area contributed by atoms with E-state index in [9.17, 15) is 14.4 Å². The number of carbonyl (C=O) groups excluding carboxylic acids is 2. The van der Waals surface area contributed by atoms with Gasteiger partial charge in [-0.05, 0) is 37.5 Å². The highest BCUT2D eigenvalue weighted by Gasteiger charge is 2.21. The van der Waals surface area contributed by atoms with Gasteiger partial charge in [0.05, 0.1) is 10.3 Å². The first-order valence-electron chi connectivity index (χ1n) is 9.59. The fourth-order valence-electron chi connectivity index (χ4n) is 3.24. The summed E-state index contributed by atoms with van der Waals surface area (Å²) in [4.78, 5) is 42.7. The van der Waals surface area contributed by atoms with Gasteiger partial charge in [0.2, 0.25) is 5.91 Å². The van der Waals surface area contributed by atoms with Crippen LogP contribution in [0.15, 0.2) is 35.1 Å². The number of rotatable bonds is 8. The summed E-state index contributed by atoms with van der Waals surface area (Å²) in [6.45, 7) is 4.17. The van der Waals surface area contributed by atoms with E-state index in [0.717, 1.165) is 6.42 Å². The lowest BCUT2D eigenvalue weighted by molar-refractivity contribution is -0.118. The summed E-state index contributed by atoms with van der Waals surface area (Å²) in [7, 11) is 0. The van der Waals surface area contributed by atoms with Crippen molar-refractivity contribution in [3.05, 3.63) is 57.0 Å². The van der Waals surface area contributed by atoms with Crippen LogP contribution in [0.4, 0.5) is 5.69 Å². The van der Waals surface area contributed by atoms with Crippen LogP contribution in [0.3, 0.4) is 0 Å². The van der Waals surface area contributed by atoms with Crippen LogP contribution in [0.2, 0.25) is 0 Å². The number of hydrogen-bond donors (Lipinski definition) is 2. The Labute approximate surface area is 172 Å². The zero-order chi connectivity index (χ0) is 21.0. The standard InChI is InChI=1S/C21H24N4O3S/c1-3-8-16-24-20-17(21(28)25(16)12-7-11-15(22)26)13(2)18(29-20)19(27)23-14-9-5-4-6-10-14/h4-6,9-10H,3,7-8,11-12H2,1-2H3,(H2,22,26)(H,23,27). The highest BCUT2D eigenvalue weighted by Crippen LogP contribution is 2.28. The average Bonchev–Trinajstić information content (AvgIpc) is 3.01. The smallest absolute Gasteiger partial charge is 0.266 e. The molecule has 0 saturated carbocycles. The Morgan fingerprint density at radius 1 is 1.24 bits per heavy atom. The van der Waals surface area contributed by atoms with Crippen molar-refractivity contribution in [2.24, 2.45) is 5.73 Å². The predicted octanol–water partition coefficient (Wildman–Crippen LogP) is 3.24. The van der Waals surface area contributed by atoms with Gasteiger partial charge < -0.3 is 11.1 Å². The lowest BCUT2D eigenvalue weighted by Gasteiger charge is -2.11. The van der Waals surface area contributed by atoms with E-state index in [1.54, 1.807) is 11.5 Å². The number of primary amides is 1. The van der Waals surface area contributed by atoms with Crippen molar-refractivity contribution in [3.8, 4) is 0 Å². The molecule has 7 nitrogen and oxygen atoms in total. The molecular formula is C21H24N4O3S. The van der Waals surface area contributed by atoms with Gasteiger partial charge in [-0.1, -0.05) is 25.1 Å². The van der Waals surface area contributed by atoms with Crippen molar-refractivity contribution in [2.75, 3.05) is 5.32 Å². The van der Waals surface area contributed by atoms with Crippen LogP contribution in [0.1, 0.15) is 47.2 Å². The van der Waals surface area contributed by atoms with Crippen LogP contribution in [-0.2, 0) is 17.8 Å². The Hall–Kier alpha value is -3.00. The fraction of sp³-hybridized carbons (Fsp3) is 0.333. The molecule has 0 aliphatic carbocycles. The lowest BCUT2D eigenvalue weighted by Crippen LogP contribution is -2.26. The van der Waals surface area contributed by atoms with Crippen LogP contribution < -0.4 is 16.6 Å². The van der Waals surface area contributed by atoms with E-state index >= 15 is 0 Å². The number of benzene rings is 1. The molecule has 2 amide bonds. The minimum absolute atomic E-state index is 0.171. The van der Waals surface area contributed by atoms with E-state index in [2.05, 4.69) is 10.3 Å². The van der Waals surface area contributed by atoms with E-state index in [4.69, 9.17) is 5.73 Å². The van der Waals surface area contributed by atoms with Crippen molar-refractivity contribution < 1.29 is 9.59 Å². The minimum Gasteiger partial charge on any atom is -0.370 e. The number of anilines is 1. The molecule has 152 valence electrons. The molecule has 3 aromatic rings. The summed E-state index contributed by atoms with van der Waals surface area (Å²) in [5, 5.41) is 3.33. The number of nitrogens with one attached hydrogen (secondary N) is 1. The number of para-hydroxylation sites is 1. The van der Waals surface area contributed by atoms with Gasteiger partial charge >= 0.3 is 0 Å². The molecule has 0 atom stereocenters. The zero-order valence-electron chi connectivity index (χ0n) is 16.5. The quantitative estimate of drug-likeness (QED) is 0.592. The molecule has 0 bridgehead atoms. The molecule has 3 rings (SSSR count). The predicted molar refractivity (Wildman–Crippen MR) is 115 cm³/mol. The number of amides is 2. The molecule has 0 fully saturated rings. The van der Waals surface area contributed by atoms with Gasteiger partial charge in [0, 0.05) is 25.1 Å². The molecule has 0 saturated heterocycles. The Kier molecular flexibility index (Phi) is 6.43. The normalized spacial score (nSPS) is 11.0. The lowest BCUT2D eigenvalue weighted by atomic mass is 10.2. The Balaban J connectivity index is 2.01. The molecule has 29 heavy (non-hydrogen) atoms. The first-order chi connectivity index (χ1) is 13.9. The summed E-state index contributed by atoms with van der Waals surface area (Å²) in [6.07, 6.45) is 2.16. The van der Waals surface area contributed by atoms with Gasteiger partial charge in [-0.25, -0.2) is 4.98 Å². The third-order valence-electron chi connectivity index (χ3n) is 4.65. The third-order valence-corrected chi connectivity index (χ3v) is 5.83. The second-order valence-electron chi connectivity index (χ2n) is 6.86. The summed E-state index contributed by atoms with van der Waals surface area (Å²) in [6, 6.07) is 9.18. The summed E-state index contributed by atoms with van der Waals surface area (Å²) in [5.74, 6) is 0.0230. The number of aryl methyl sites for hydroxylation is 2. The molecule has 0 aliphatic heterocycles. The van der Waals surface area contributed by atoms with Crippen molar-refractivity contribution in [1.82, 2.24) is 9.55 Å². The summed E-state index contributed by atoms with van der Waals surface area (Å²) >= 11 is 1.23. The second kappa shape index (κ2) is 9.00. The molecule has 1 aromatic carbocycles. The zero-order valence-corrected chi connectivity index (χ0v) is 17.3. The molecular weight excluding hydrogens is 388 g/mol. The number of thiophene rings is 1. The van der Waals surface area contributed by atoms with Gasteiger partial charge in [0.15, 0.2) is 0 Å². The number of hydrogen-bond acceptors (Lipinski definition) is 5. The number of nitrogens with two attached hydrogens (primary N) is 1. The highest BCUT2D eigenvalue weighted by atomic mass is 32.1. The number of fused-ring (bicyclic) bond motifs is 1. The van der Waals surface area contributed by atoms with Crippen LogP contribution >= 0.6 is 11.3 Å². The van der Waals surface area contributed by atoms with E-state index < -0.39 is 5.91 Å². The Morgan fingerprint density at radius 2 is 1.97 bits per heavy atom. The van der Waals surface area contributed by atoms with Crippen molar-refractivity contribution in [3.63, 3.8) is 0 Å². The first-order valence-corrected chi connectivity index (χ1v) is 10.4. The van der Waals surface area contributed by atoms with Crippen LogP contribution in [0, 0.1) is 6.92 Å². The van der Waals surface area contributed by atoms with Crippen LogP contribution in [-0.4, -0.2) is 21.4 Å². The molecule has 0 aliphatic rings. The van der Waals surface area contributed by atoms with Gasteiger partial charge in [-0.15, -0.1) is 11.3 Å². The molecule has 0 radical (unpaired) electrons. The van der Waals surface area contributed by atoms with E-state index in [0.29, 0.717) is 51.6 Å². The first kappa shape index (κ1) is 20.7. The van der Waals surface area contributed by atoms with E-state index in [-0.39, 0.29) is 17.9 Å². The average molecular weight is 413 g/mol. The maximum Gasteiger partial charge on any atom is 0.266 e. The Bertz CT molecular complexity index is 1100. The van der Waals surface area contributed by atoms with Crippen LogP contribution in [0.25, 0.3) is 10.2 Å². The molecule has 8 heteroatoms. The maximum atomic E-state index is 13.2. The largest absolute Gasteiger partial charge is 0.370 e.